The fourth-order valence-electron chi connectivity index (χ4n) is 2.42. The molecule has 0 saturated heterocycles. The van der Waals surface area contributed by atoms with Gasteiger partial charge in [-0.1, -0.05) is 0 Å². The fourth-order valence-corrected chi connectivity index (χ4v) is 3.36. The smallest absolute Gasteiger partial charge is 0.220 e. The normalized spacial score (nSPS) is 15.2. The Kier molecular flexibility index (Phi) is 6.84. The first-order chi connectivity index (χ1) is 9.51. The highest BCUT2D eigenvalue weighted by atomic mass is 35.5. The first-order valence-corrected chi connectivity index (χ1v) is 7.92. The zero-order chi connectivity index (χ0) is 14.7. The SMILES string of the molecule is Cc1cc(C(=O)CCC(=O)NC(CN)C2CC2)c(C)s1.Cl. The molecule has 1 heterocycles. The lowest BCUT2D eigenvalue weighted by Gasteiger charge is -2.15. The molecule has 0 aliphatic heterocycles. The Bertz CT molecular complexity index is 512. The van der Waals surface area contributed by atoms with Crippen molar-refractivity contribution in [3.05, 3.63) is 21.4 Å². The van der Waals surface area contributed by atoms with Gasteiger partial charge in [0.2, 0.25) is 5.91 Å². The van der Waals surface area contributed by atoms with Gasteiger partial charge in [0.15, 0.2) is 5.78 Å². The predicted molar refractivity (Wildman–Crippen MR) is 88.3 cm³/mol. The van der Waals surface area contributed by atoms with Crippen molar-refractivity contribution in [1.29, 1.82) is 0 Å². The lowest BCUT2D eigenvalue weighted by atomic mass is 10.1. The number of aryl methyl sites for hydroxylation is 2. The quantitative estimate of drug-likeness (QED) is 0.755. The third kappa shape index (κ3) is 5.09. The summed E-state index contributed by atoms with van der Waals surface area (Å²) in [5.41, 5.74) is 6.41. The zero-order valence-corrected chi connectivity index (χ0v) is 14.1. The molecule has 6 heteroatoms. The molecule has 0 radical (unpaired) electrons. The maximum atomic E-state index is 12.1. The molecule has 1 unspecified atom stereocenters. The molecule has 1 fully saturated rings. The Hall–Kier alpha value is -0.910. The average Bonchev–Trinajstić information content (AvgIpc) is 3.18. The summed E-state index contributed by atoms with van der Waals surface area (Å²) in [7, 11) is 0. The number of nitrogens with two attached hydrogens (primary N) is 1. The molecule has 3 N–H and O–H groups in total. The van der Waals surface area contributed by atoms with Crippen molar-refractivity contribution in [2.45, 2.75) is 45.6 Å². The van der Waals surface area contributed by atoms with Crippen molar-refractivity contribution in [3.63, 3.8) is 0 Å². The standard InChI is InChI=1S/C15H22N2O2S.ClH/c1-9-7-12(10(2)20-9)14(18)5-6-15(19)17-13(8-16)11-3-4-11;/h7,11,13H,3-6,8,16H2,1-2H3,(H,17,19);1H. The van der Waals surface area contributed by atoms with Gasteiger partial charge in [0.25, 0.3) is 0 Å². The molecule has 1 saturated carbocycles. The number of hydrogen-bond donors (Lipinski definition) is 2. The number of amides is 1. The van der Waals surface area contributed by atoms with Crippen LogP contribution in [-0.2, 0) is 4.79 Å². The number of carbonyl (C=O) groups is 2. The average molecular weight is 331 g/mol. The van der Waals surface area contributed by atoms with Crippen molar-refractivity contribution in [1.82, 2.24) is 5.32 Å². The van der Waals surface area contributed by atoms with E-state index in [4.69, 9.17) is 5.73 Å². The highest BCUT2D eigenvalue weighted by molar-refractivity contribution is 7.12. The van der Waals surface area contributed by atoms with Crippen LogP contribution in [0.25, 0.3) is 0 Å². The Morgan fingerprint density at radius 3 is 2.52 bits per heavy atom. The topological polar surface area (TPSA) is 72.2 Å². The summed E-state index contributed by atoms with van der Waals surface area (Å²) in [5, 5.41) is 2.94. The van der Waals surface area contributed by atoms with Crippen LogP contribution < -0.4 is 11.1 Å². The van der Waals surface area contributed by atoms with Crippen LogP contribution in [0.1, 0.15) is 45.8 Å². The third-order valence-electron chi connectivity index (χ3n) is 3.71. The summed E-state index contributed by atoms with van der Waals surface area (Å²) < 4.78 is 0. The maximum absolute atomic E-state index is 12.1. The van der Waals surface area contributed by atoms with Crippen molar-refractivity contribution in [2.75, 3.05) is 6.54 Å². The van der Waals surface area contributed by atoms with Crippen molar-refractivity contribution in [2.24, 2.45) is 11.7 Å². The van der Waals surface area contributed by atoms with Gasteiger partial charge in [0, 0.05) is 40.7 Å². The van der Waals surface area contributed by atoms with Crippen LogP contribution in [0.4, 0.5) is 0 Å². The Labute approximate surface area is 135 Å². The van der Waals surface area contributed by atoms with E-state index in [9.17, 15) is 9.59 Å². The van der Waals surface area contributed by atoms with E-state index in [1.807, 2.05) is 19.9 Å². The second-order valence-corrected chi connectivity index (χ2v) is 6.96. The van der Waals surface area contributed by atoms with Gasteiger partial charge in [-0.05, 0) is 38.7 Å². The van der Waals surface area contributed by atoms with Gasteiger partial charge in [0.05, 0.1) is 0 Å². The van der Waals surface area contributed by atoms with E-state index in [1.54, 1.807) is 11.3 Å². The van der Waals surface area contributed by atoms with E-state index >= 15 is 0 Å². The number of ketones is 1. The molecular weight excluding hydrogens is 308 g/mol. The van der Waals surface area contributed by atoms with Gasteiger partial charge in [0.1, 0.15) is 0 Å². The highest BCUT2D eigenvalue weighted by Crippen LogP contribution is 2.32. The summed E-state index contributed by atoms with van der Waals surface area (Å²) in [6.45, 7) is 4.42. The molecule has 0 aromatic carbocycles. The van der Waals surface area contributed by atoms with Gasteiger partial charge in [-0.3, -0.25) is 9.59 Å². The van der Waals surface area contributed by atoms with Crippen molar-refractivity contribution in [3.8, 4) is 0 Å². The second kappa shape index (κ2) is 7.92. The minimum Gasteiger partial charge on any atom is -0.352 e. The third-order valence-corrected chi connectivity index (χ3v) is 4.68. The van der Waals surface area contributed by atoms with E-state index < -0.39 is 0 Å². The molecule has 118 valence electrons. The molecule has 1 aliphatic rings. The molecule has 2 rings (SSSR count). The fraction of sp³-hybridized carbons (Fsp3) is 0.600. The van der Waals surface area contributed by atoms with Gasteiger partial charge in [-0.15, -0.1) is 23.7 Å². The van der Waals surface area contributed by atoms with Gasteiger partial charge in [-0.2, -0.15) is 0 Å². The van der Waals surface area contributed by atoms with Crippen LogP contribution in [0.5, 0.6) is 0 Å². The van der Waals surface area contributed by atoms with Crippen LogP contribution in [0.3, 0.4) is 0 Å². The predicted octanol–water partition coefficient (Wildman–Crippen LogP) is 2.60. The van der Waals surface area contributed by atoms with Crippen molar-refractivity contribution >= 4 is 35.4 Å². The van der Waals surface area contributed by atoms with Crippen LogP contribution in [0.15, 0.2) is 6.07 Å². The number of thiophene rings is 1. The lowest BCUT2D eigenvalue weighted by Crippen LogP contribution is -2.41. The van der Waals surface area contributed by atoms with Crippen LogP contribution in [0.2, 0.25) is 0 Å². The van der Waals surface area contributed by atoms with Gasteiger partial charge >= 0.3 is 0 Å². The number of rotatable bonds is 7. The Morgan fingerprint density at radius 2 is 2.05 bits per heavy atom. The summed E-state index contributed by atoms with van der Waals surface area (Å²) in [6.07, 6.45) is 2.81. The first kappa shape index (κ1) is 18.1. The molecule has 21 heavy (non-hydrogen) atoms. The van der Waals surface area contributed by atoms with Gasteiger partial charge < -0.3 is 11.1 Å². The zero-order valence-electron chi connectivity index (χ0n) is 12.5. The molecule has 0 bridgehead atoms. The van der Waals surface area contributed by atoms with E-state index in [0.29, 0.717) is 12.5 Å². The second-order valence-electron chi connectivity index (χ2n) is 5.50. The van der Waals surface area contributed by atoms with E-state index in [2.05, 4.69) is 5.32 Å². The number of hydrogen-bond acceptors (Lipinski definition) is 4. The van der Waals surface area contributed by atoms with E-state index in [-0.39, 0.29) is 43.0 Å². The summed E-state index contributed by atoms with van der Waals surface area (Å²) in [5.74, 6) is 0.532. The number of halogens is 1. The molecule has 0 spiro atoms. The molecule has 1 aromatic rings. The maximum Gasteiger partial charge on any atom is 0.220 e. The summed E-state index contributed by atoms with van der Waals surface area (Å²) >= 11 is 1.62. The van der Waals surface area contributed by atoms with E-state index in [0.717, 1.165) is 28.2 Å². The minimum absolute atomic E-state index is 0. The van der Waals surface area contributed by atoms with Crippen LogP contribution in [0, 0.1) is 19.8 Å². The summed E-state index contributed by atoms with van der Waals surface area (Å²) in [4.78, 5) is 26.1. The number of carbonyl (C=O) groups excluding carboxylic acids is 2. The first-order valence-electron chi connectivity index (χ1n) is 7.11. The Morgan fingerprint density at radius 1 is 1.38 bits per heavy atom. The Balaban J connectivity index is 0.00000220. The van der Waals surface area contributed by atoms with Crippen LogP contribution >= 0.6 is 23.7 Å². The largest absolute Gasteiger partial charge is 0.352 e. The summed E-state index contributed by atoms with van der Waals surface area (Å²) in [6, 6.07) is 2.00. The van der Waals surface area contributed by atoms with Crippen LogP contribution in [-0.4, -0.2) is 24.3 Å². The van der Waals surface area contributed by atoms with E-state index in [1.165, 1.54) is 0 Å². The monoisotopic (exact) mass is 330 g/mol. The molecular formula is C15H23ClN2O2S. The minimum atomic E-state index is -0.0645. The molecule has 4 nitrogen and oxygen atoms in total. The molecule has 1 atom stereocenters. The van der Waals surface area contributed by atoms with Gasteiger partial charge in [-0.25, -0.2) is 0 Å². The van der Waals surface area contributed by atoms with Crippen molar-refractivity contribution < 1.29 is 9.59 Å². The molecule has 1 aromatic heterocycles. The lowest BCUT2D eigenvalue weighted by molar-refractivity contribution is -0.121. The number of nitrogens with one attached hydrogen (secondary N) is 1. The highest BCUT2D eigenvalue weighted by Gasteiger charge is 2.31. The number of Topliss-reactive ketones (excluding diaryl/α,β-unsaturated/α-hetero) is 1. The molecule has 1 amide bonds. The molecule has 1 aliphatic carbocycles.